The summed E-state index contributed by atoms with van der Waals surface area (Å²) in [5, 5.41) is 0. The van der Waals surface area contributed by atoms with Gasteiger partial charge in [0.2, 0.25) is 0 Å². The maximum Gasteiger partial charge on any atom is 0.157 e. The van der Waals surface area contributed by atoms with Crippen LogP contribution in [0.3, 0.4) is 0 Å². The van der Waals surface area contributed by atoms with Gasteiger partial charge in [-0.1, -0.05) is 31.5 Å². The van der Waals surface area contributed by atoms with E-state index in [0.717, 1.165) is 30.0 Å². The third-order valence-electron chi connectivity index (χ3n) is 4.02. The van der Waals surface area contributed by atoms with Crippen molar-refractivity contribution in [1.82, 2.24) is 4.90 Å². The van der Waals surface area contributed by atoms with E-state index in [-0.39, 0.29) is 5.78 Å². The van der Waals surface area contributed by atoms with Crippen molar-refractivity contribution in [3.8, 4) is 5.75 Å². The SMILES string of the molecule is CCN(CC)C(C)(C)C(=O)Cc1cc(C)ccc1OC. The molecule has 20 heavy (non-hydrogen) atoms. The molecule has 1 aromatic rings. The van der Waals surface area contributed by atoms with Crippen molar-refractivity contribution in [2.75, 3.05) is 20.2 Å². The van der Waals surface area contributed by atoms with E-state index in [0.29, 0.717) is 6.42 Å². The summed E-state index contributed by atoms with van der Waals surface area (Å²) in [6.07, 6.45) is 0.411. The number of carbonyl (C=O) groups is 1. The lowest BCUT2D eigenvalue weighted by atomic mass is 9.91. The zero-order valence-corrected chi connectivity index (χ0v) is 13.6. The number of benzene rings is 1. The third-order valence-corrected chi connectivity index (χ3v) is 4.02. The van der Waals surface area contributed by atoms with Crippen LogP contribution in [0.25, 0.3) is 0 Å². The number of hydrogen-bond donors (Lipinski definition) is 0. The number of hydrogen-bond acceptors (Lipinski definition) is 3. The molecule has 0 aliphatic rings. The van der Waals surface area contributed by atoms with E-state index in [2.05, 4.69) is 18.7 Å². The second kappa shape index (κ2) is 6.89. The molecule has 0 bridgehead atoms. The average Bonchev–Trinajstić information content (AvgIpc) is 2.40. The minimum Gasteiger partial charge on any atom is -0.496 e. The van der Waals surface area contributed by atoms with Gasteiger partial charge in [0, 0.05) is 12.0 Å². The molecule has 0 N–H and O–H groups in total. The molecule has 0 unspecified atom stereocenters. The van der Waals surface area contributed by atoms with Gasteiger partial charge in [0.15, 0.2) is 5.78 Å². The summed E-state index contributed by atoms with van der Waals surface area (Å²) in [4.78, 5) is 14.9. The van der Waals surface area contributed by atoms with Gasteiger partial charge in [-0.3, -0.25) is 9.69 Å². The minimum atomic E-state index is -0.446. The molecular formula is C17H27NO2. The summed E-state index contributed by atoms with van der Waals surface area (Å²) in [6, 6.07) is 5.97. The first-order valence-electron chi connectivity index (χ1n) is 7.28. The van der Waals surface area contributed by atoms with Crippen molar-refractivity contribution in [3.05, 3.63) is 29.3 Å². The molecule has 0 radical (unpaired) electrons. The van der Waals surface area contributed by atoms with Gasteiger partial charge in [0.1, 0.15) is 5.75 Å². The van der Waals surface area contributed by atoms with Gasteiger partial charge in [-0.05, 0) is 39.9 Å². The summed E-state index contributed by atoms with van der Waals surface area (Å²) in [5.41, 5.74) is 1.67. The maximum absolute atomic E-state index is 12.7. The Morgan fingerprint density at radius 1 is 1.25 bits per heavy atom. The van der Waals surface area contributed by atoms with E-state index in [4.69, 9.17) is 4.74 Å². The number of likely N-dealkylation sites (N-methyl/N-ethyl adjacent to an activating group) is 1. The van der Waals surface area contributed by atoms with E-state index in [1.165, 1.54) is 0 Å². The summed E-state index contributed by atoms with van der Waals surface area (Å²) in [6.45, 7) is 12.0. The molecule has 0 spiro atoms. The zero-order valence-electron chi connectivity index (χ0n) is 13.6. The molecule has 0 atom stereocenters. The minimum absolute atomic E-state index is 0.227. The highest BCUT2D eigenvalue weighted by Crippen LogP contribution is 2.24. The first kappa shape index (κ1) is 16.7. The molecule has 0 aliphatic carbocycles. The first-order valence-corrected chi connectivity index (χ1v) is 7.28. The van der Waals surface area contributed by atoms with Crippen LogP contribution in [0.2, 0.25) is 0 Å². The van der Waals surface area contributed by atoms with Crippen LogP contribution < -0.4 is 4.74 Å². The molecule has 3 nitrogen and oxygen atoms in total. The maximum atomic E-state index is 12.7. The fraction of sp³-hybridized carbons (Fsp3) is 0.588. The predicted molar refractivity (Wildman–Crippen MR) is 83.4 cm³/mol. The lowest BCUT2D eigenvalue weighted by molar-refractivity contribution is -0.128. The van der Waals surface area contributed by atoms with E-state index >= 15 is 0 Å². The van der Waals surface area contributed by atoms with Crippen LogP contribution in [0.15, 0.2) is 18.2 Å². The molecule has 0 amide bonds. The third kappa shape index (κ3) is 3.60. The molecule has 0 saturated heterocycles. The lowest BCUT2D eigenvalue weighted by Crippen LogP contribution is -2.50. The van der Waals surface area contributed by atoms with E-state index < -0.39 is 5.54 Å². The van der Waals surface area contributed by atoms with Crippen LogP contribution in [0.4, 0.5) is 0 Å². The van der Waals surface area contributed by atoms with Crippen molar-refractivity contribution in [3.63, 3.8) is 0 Å². The van der Waals surface area contributed by atoms with Crippen molar-refractivity contribution < 1.29 is 9.53 Å². The quantitative estimate of drug-likeness (QED) is 0.766. The predicted octanol–water partition coefficient (Wildman–Crippen LogP) is 3.24. The van der Waals surface area contributed by atoms with E-state index in [1.807, 2.05) is 39.0 Å². The standard InChI is InChI=1S/C17H27NO2/c1-7-18(8-2)17(4,5)16(19)12-14-11-13(3)9-10-15(14)20-6/h9-11H,7-8,12H2,1-6H3. The van der Waals surface area contributed by atoms with Gasteiger partial charge < -0.3 is 4.74 Å². The molecular weight excluding hydrogens is 250 g/mol. The summed E-state index contributed by atoms with van der Waals surface area (Å²) in [5.74, 6) is 1.02. The fourth-order valence-corrected chi connectivity index (χ4v) is 2.63. The van der Waals surface area contributed by atoms with E-state index in [9.17, 15) is 4.79 Å². The Morgan fingerprint density at radius 3 is 2.35 bits per heavy atom. The number of ketones is 1. The van der Waals surface area contributed by atoms with Crippen LogP contribution in [-0.2, 0) is 11.2 Å². The second-order valence-electron chi connectivity index (χ2n) is 5.65. The Labute approximate surface area is 122 Å². The molecule has 0 aromatic heterocycles. The van der Waals surface area contributed by atoms with Crippen LogP contribution >= 0.6 is 0 Å². The van der Waals surface area contributed by atoms with Crippen LogP contribution in [0, 0.1) is 6.92 Å². The second-order valence-corrected chi connectivity index (χ2v) is 5.65. The Hall–Kier alpha value is -1.35. The number of methoxy groups -OCH3 is 1. The molecule has 0 aliphatic heterocycles. The summed E-state index contributed by atoms with van der Waals surface area (Å²) < 4.78 is 5.36. The normalized spacial score (nSPS) is 11.8. The van der Waals surface area contributed by atoms with Crippen LogP contribution in [0.1, 0.15) is 38.8 Å². The summed E-state index contributed by atoms with van der Waals surface area (Å²) >= 11 is 0. The fourth-order valence-electron chi connectivity index (χ4n) is 2.63. The van der Waals surface area contributed by atoms with Crippen molar-refractivity contribution >= 4 is 5.78 Å². The Balaban J connectivity index is 2.98. The Bertz CT molecular complexity index is 462. The van der Waals surface area contributed by atoms with Crippen molar-refractivity contribution in [2.24, 2.45) is 0 Å². The lowest BCUT2D eigenvalue weighted by Gasteiger charge is -2.36. The largest absolute Gasteiger partial charge is 0.496 e. The zero-order chi connectivity index (χ0) is 15.3. The molecule has 0 heterocycles. The molecule has 112 valence electrons. The van der Waals surface area contributed by atoms with Gasteiger partial charge in [-0.25, -0.2) is 0 Å². The number of Topliss-reactive ketones (excluding diaryl/α,β-unsaturated/α-hetero) is 1. The van der Waals surface area contributed by atoms with Gasteiger partial charge >= 0.3 is 0 Å². The smallest absolute Gasteiger partial charge is 0.157 e. The van der Waals surface area contributed by atoms with Crippen LogP contribution in [-0.4, -0.2) is 36.4 Å². The molecule has 1 rings (SSSR count). The highest BCUT2D eigenvalue weighted by Gasteiger charge is 2.32. The average molecular weight is 277 g/mol. The topological polar surface area (TPSA) is 29.5 Å². The summed E-state index contributed by atoms with van der Waals surface area (Å²) in [7, 11) is 1.65. The molecule has 3 heteroatoms. The number of nitrogens with zero attached hydrogens (tertiary/aromatic N) is 1. The van der Waals surface area contributed by atoms with Gasteiger partial charge in [0.25, 0.3) is 0 Å². The number of carbonyl (C=O) groups excluding carboxylic acids is 1. The van der Waals surface area contributed by atoms with Crippen molar-refractivity contribution in [2.45, 2.75) is 46.6 Å². The van der Waals surface area contributed by atoms with E-state index in [1.54, 1.807) is 7.11 Å². The molecule has 0 fully saturated rings. The van der Waals surface area contributed by atoms with Gasteiger partial charge in [-0.2, -0.15) is 0 Å². The number of aryl methyl sites for hydroxylation is 1. The Kier molecular flexibility index (Phi) is 5.75. The van der Waals surface area contributed by atoms with Crippen LogP contribution in [0.5, 0.6) is 5.75 Å². The number of rotatable bonds is 7. The van der Waals surface area contributed by atoms with Gasteiger partial charge in [-0.15, -0.1) is 0 Å². The number of ether oxygens (including phenoxy) is 1. The van der Waals surface area contributed by atoms with Crippen molar-refractivity contribution in [1.29, 1.82) is 0 Å². The molecule has 1 aromatic carbocycles. The Morgan fingerprint density at radius 2 is 1.85 bits per heavy atom. The van der Waals surface area contributed by atoms with Gasteiger partial charge in [0.05, 0.1) is 12.6 Å². The highest BCUT2D eigenvalue weighted by molar-refractivity contribution is 5.89. The monoisotopic (exact) mass is 277 g/mol. The molecule has 0 saturated carbocycles. The first-order chi connectivity index (χ1) is 9.36. The highest BCUT2D eigenvalue weighted by atomic mass is 16.5.